The molecule has 2 atom stereocenters. The number of hydrogen-bond donors (Lipinski definition) is 2. The molecule has 2 N–H and O–H groups in total. The highest BCUT2D eigenvalue weighted by atomic mass is 16.5. The first-order valence-electron chi connectivity index (χ1n) is 6.46. The van der Waals surface area contributed by atoms with Gasteiger partial charge < -0.3 is 20.1 Å². The van der Waals surface area contributed by atoms with Gasteiger partial charge in [0.15, 0.2) is 0 Å². The molecule has 1 heterocycles. The summed E-state index contributed by atoms with van der Waals surface area (Å²) >= 11 is 0. The SMILES string of the molecule is C=C(C)CNC(=O)N(CCC)C1COCC1C(=O)O. The Labute approximate surface area is 113 Å². The lowest BCUT2D eigenvalue weighted by Crippen LogP contribution is -2.51. The predicted octanol–water partition coefficient (Wildman–Crippen LogP) is 1.08. The Kier molecular flexibility index (Phi) is 5.82. The van der Waals surface area contributed by atoms with Crippen molar-refractivity contribution in [2.24, 2.45) is 5.92 Å². The fourth-order valence-electron chi connectivity index (χ4n) is 2.07. The van der Waals surface area contributed by atoms with E-state index in [9.17, 15) is 9.59 Å². The molecule has 0 spiro atoms. The number of nitrogens with one attached hydrogen (secondary N) is 1. The van der Waals surface area contributed by atoms with Crippen molar-refractivity contribution in [2.75, 3.05) is 26.3 Å². The van der Waals surface area contributed by atoms with Crippen LogP contribution in [0.3, 0.4) is 0 Å². The molecule has 0 aliphatic carbocycles. The molecular formula is C13H22N2O4. The lowest BCUT2D eigenvalue weighted by atomic mass is 10.0. The summed E-state index contributed by atoms with van der Waals surface area (Å²) < 4.78 is 5.21. The first-order valence-corrected chi connectivity index (χ1v) is 6.46. The molecule has 6 nitrogen and oxygen atoms in total. The van der Waals surface area contributed by atoms with E-state index in [2.05, 4.69) is 11.9 Å². The molecule has 0 aromatic carbocycles. The molecule has 1 aliphatic heterocycles. The van der Waals surface area contributed by atoms with Gasteiger partial charge in [0.2, 0.25) is 0 Å². The topological polar surface area (TPSA) is 78.9 Å². The third-order valence-corrected chi connectivity index (χ3v) is 3.03. The monoisotopic (exact) mass is 270 g/mol. The molecule has 1 rings (SSSR count). The summed E-state index contributed by atoms with van der Waals surface area (Å²) in [5.41, 5.74) is 0.849. The number of carbonyl (C=O) groups is 2. The standard InChI is InChI=1S/C13H22N2O4/c1-4-5-15(13(18)14-6-9(2)3)11-8-19-7-10(11)12(16)17/h10-11H,2,4-8H2,1,3H3,(H,14,18)(H,16,17). The molecule has 0 aromatic heterocycles. The van der Waals surface area contributed by atoms with Crippen LogP contribution < -0.4 is 5.32 Å². The van der Waals surface area contributed by atoms with Crippen LogP contribution >= 0.6 is 0 Å². The van der Waals surface area contributed by atoms with Crippen LogP contribution in [0.15, 0.2) is 12.2 Å². The maximum Gasteiger partial charge on any atom is 0.318 e. The number of nitrogens with zero attached hydrogens (tertiary/aromatic N) is 1. The summed E-state index contributed by atoms with van der Waals surface area (Å²) in [6.07, 6.45) is 0.767. The molecule has 0 bridgehead atoms. The Morgan fingerprint density at radius 2 is 2.16 bits per heavy atom. The van der Waals surface area contributed by atoms with E-state index in [0.29, 0.717) is 13.1 Å². The van der Waals surface area contributed by atoms with Gasteiger partial charge in [-0.1, -0.05) is 19.1 Å². The molecule has 19 heavy (non-hydrogen) atoms. The number of hydrogen-bond acceptors (Lipinski definition) is 3. The predicted molar refractivity (Wildman–Crippen MR) is 70.9 cm³/mol. The molecule has 1 fully saturated rings. The van der Waals surface area contributed by atoms with E-state index in [1.807, 2.05) is 13.8 Å². The molecule has 0 radical (unpaired) electrons. The molecule has 2 unspecified atom stereocenters. The number of carbonyl (C=O) groups excluding carboxylic acids is 1. The summed E-state index contributed by atoms with van der Waals surface area (Å²) in [7, 11) is 0. The Bertz CT molecular complexity index is 357. The maximum atomic E-state index is 12.1. The molecule has 2 amide bonds. The fraction of sp³-hybridized carbons (Fsp3) is 0.692. The van der Waals surface area contributed by atoms with Gasteiger partial charge in [0.1, 0.15) is 5.92 Å². The van der Waals surface area contributed by atoms with Crippen LogP contribution in [-0.2, 0) is 9.53 Å². The van der Waals surface area contributed by atoms with Crippen LogP contribution in [-0.4, -0.2) is 54.4 Å². The number of urea groups is 1. The molecule has 1 aliphatic rings. The molecule has 1 saturated heterocycles. The highest BCUT2D eigenvalue weighted by Crippen LogP contribution is 2.20. The normalized spacial score (nSPS) is 22.0. The second-order valence-corrected chi connectivity index (χ2v) is 4.86. The lowest BCUT2D eigenvalue weighted by molar-refractivity contribution is -0.142. The average molecular weight is 270 g/mol. The third kappa shape index (κ3) is 4.24. The zero-order valence-electron chi connectivity index (χ0n) is 11.5. The van der Waals surface area contributed by atoms with Gasteiger partial charge in [-0.15, -0.1) is 0 Å². The van der Waals surface area contributed by atoms with Gasteiger partial charge in [0, 0.05) is 13.1 Å². The van der Waals surface area contributed by atoms with Gasteiger partial charge >= 0.3 is 12.0 Å². The second kappa shape index (κ2) is 7.13. The van der Waals surface area contributed by atoms with Gasteiger partial charge in [-0.05, 0) is 13.3 Å². The first-order chi connectivity index (χ1) is 8.97. The molecule has 0 aromatic rings. The molecule has 108 valence electrons. The van der Waals surface area contributed by atoms with Gasteiger partial charge in [-0.25, -0.2) is 4.79 Å². The van der Waals surface area contributed by atoms with E-state index in [1.165, 1.54) is 0 Å². The van der Waals surface area contributed by atoms with Crippen molar-refractivity contribution in [1.82, 2.24) is 10.2 Å². The maximum absolute atomic E-state index is 12.1. The first kappa shape index (κ1) is 15.5. The van der Waals surface area contributed by atoms with Crippen LogP contribution in [0, 0.1) is 5.92 Å². The highest BCUT2D eigenvalue weighted by molar-refractivity contribution is 5.77. The molecule has 0 saturated carbocycles. The summed E-state index contributed by atoms with van der Waals surface area (Å²) in [6.45, 7) is 8.84. The van der Waals surface area contributed by atoms with Crippen molar-refractivity contribution < 1.29 is 19.4 Å². The molecular weight excluding hydrogens is 248 g/mol. The minimum atomic E-state index is -0.920. The minimum absolute atomic E-state index is 0.161. The van der Waals surface area contributed by atoms with Crippen molar-refractivity contribution in [2.45, 2.75) is 26.3 Å². The number of rotatable bonds is 6. The van der Waals surface area contributed by atoms with Crippen molar-refractivity contribution in [3.63, 3.8) is 0 Å². The van der Waals surface area contributed by atoms with Gasteiger partial charge in [-0.2, -0.15) is 0 Å². The third-order valence-electron chi connectivity index (χ3n) is 3.03. The van der Waals surface area contributed by atoms with Crippen LogP contribution in [0.5, 0.6) is 0 Å². The van der Waals surface area contributed by atoms with Crippen molar-refractivity contribution in [1.29, 1.82) is 0 Å². The van der Waals surface area contributed by atoms with E-state index in [1.54, 1.807) is 4.90 Å². The largest absolute Gasteiger partial charge is 0.481 e. The molecule has 6 heteroatoms. The summed E-state index contributed by atoms with van der Waals surface area (Å²) in [5.74, 6) is -1.57. The van der Waals surface area contributed by atoms with E-state index in [4.69, 9.17) is 9.84 Å². The smallest absolute Gasteiger partial charge is 0.318 e. The summed E-state index contributed by atoms with van der Waals surface area (Å²) in [5, 5.41) is 11.9. The number of ether oxygens (including phenoxy) is 1. The van der Waals surface area contributed by atoms with Crippen LogP contribution in [0.4, 0.5) is 4.79 Å². The van der Waals surface area contributed by atoms with Crippen LogP contribution in [0.25, 0.3) is 0 Å². The van der Waals surface area contributed by atoms with E-state index < -0.39 is 17.9 Å². The highest BCUT2D eigenvalue weighted by Gasteiger charge is 2.39. The zero-order valence-corrected chi connectivity index (χ0v) is 11.5. The fourth-order valence-corrected chi connectivity index (χ4v) is 2.07. The van der Waals surface area contributed by atoms with Crippen molar-refractivity contribution >= 4 is 12.0 Å². The van der Waals surface area contributed by atoms with Gasteiger partial charge in [0.05, 0.1) is 19.3 Å². The quantitative estimate of drug-likeness (QED) is 0.708. The number of amides is 2. The number of carboxylic acid groups (broad SMARTS) is 1. The van der Waals surface area contributed by atoms with Gasteiger partial charge in [-0.3, -0.25) is 4.79 Å². The number of carboxylic acids is 1. The van der Waals surface area contributed by atoms with Crippen LogP contribution in [0.1, 0.15) is 20.3 Å². The van der Waals surface area contributed by atoms with E-state index in [-0.39, 0.29) is 19.2 Å². The average Bonchev–Trinajstić information content (AvgIpc) is 2.81. The van der Waals surface area contributed by atoms with E-state index in [0.717, 1.165) is 12.0 Å². The second-order valence-electron chi connectivity index (χ2n) is 4.86. The Morgan fingerprint density at radius 1 is 1.47 bits per heavy atom. The number of aliphatic carboxylic acids is 1. The zero-order chi connectivity index (χ0) is 14.4. The Morgan fingerprint density at radius 3 is 2.68 bits per heavy atom. The Hall–Kier alpha value is -1.56. The van der Waals surface area contributed by atoms with Gasteiger partial charge in [0.25, 0.3) is 0 Å². The minimum Gasteiger partial charge on any atom is -0.481 e. The van der Waals surface area contributed by atoms with Crippen LogP contribution in [0.2, 0.25) is 0 Å². The lowest BCUT2D eigenvalue weighted by Gasteiger charge is -2.30. The Balaban J connectivity index is 2.72. The van der Waals surface area contributed by atoms with Crippen molar-refractivity contribution in [3.05, 3.63) is 12.2 Å². The van der Waals surface area contributed by atoms with E-state index >= 15 is 0 Å². The van der Waals surface area contributed by atoms with Crippen molar-refractivity contribution in [3.8, 4) is 0 Å². The summed E-state index contributed by atoms with van der Waals surface area (Å²) in [4.78, 5) is 24.8. The summed E-state index contributed by atoms with van der Waals surface area (Å²) in [6, 6.07) is -0.658.